The second-order valence-electron chi connectivity index (χ2n) is 6.90. The Kier molecular flexibility index (Phi) is 6.99. The van der Waals surface area contributed by atoms with Gasteiger partial charge in [-0.25, -0.2) is 0 Å². The van der Waals surface area contributed by atoms with Crippen LogP contribution in [0, 0.1) is 0 Å². The molecule has 154 valence electrons. The van der Waals surface area contributed by atoms with Gasteiger partial charge in [0.15, 0.2) is 11.5 Å². The maximum absolute atomic E-state index is 12.8. The van der Waals surface area contributed by atoms with Crippen molar-refractivity contribution in [2.24, 2.45) is 0 Å². The van der Waals surface area contributed by atoms with Crippen molar-refractivity contribution in [3.63, 3.8) is 0 Å². The summed E-state index contributed by atoms with van der Waals surface area (Å²) >= 11 is 6.00. The largest absolute Gasteiger partial charge is 0.493 e. The van der Waals surface area contributed by atoms with Gasteiger partial charge < -0.3 is 19.3 Å². The van der Waals surface area contributed by atoms with Crippen molar-refractivity contribution in [2.75, 3.05) is 40.4 Å². The molecule has 0 aliphatic carbocycles. The Morgan fingerprint density at radius 1 is 0.931 bits per heavy atom. The first-order chi connectivity index (χ1) is 14.0. The quantitative estimate of drug-likeness (QED) is 0.750. The molecule has 0 atom stereocenters. The molecule has 0 saturated carbocycles. The first-order valence-electron chi connectivity index (χ1n) is 9.55. The van der Waals surface area contributed by atoms with Crippen LogP contribution >= 0.6 is 11.6 Å². The molecule has 3 rings (SSSR count). The molecule has 29 heavy (non-hydrogen) atoms. The molecule has 1 heterocycles. The average molecular weight is 417 g/mol. The van der Waals surface area contributed by atoms with Gasteiger partial charge in [0.2, 0.25) is 5.91 Å². The number of benzene rings is 2. The monoisotopic (exact) mass is 416 g/mol. The normalized spacial score (nSPS) is 14.3. The molecule has 7 heteroatoms. The molecule has 0 aromatic heterocycles. The number of rotatable bonds is 5. The van der Waals surface area contributed by atoms with E-state index < -0.39 is 0 Å². The summed E-state index contributed by atoms with van der Waals surface area (Å²) in [4.78, 5) is 29.1. The SMILES string of the molecule is COc1ccc(CC(=O)N2CCCN(C(=O)c3cccc(Cl)c3)CC2)cc1OC. The molecule has 1 aliphatic heterocycles. The Morgan fingerprint density at radius 3 is 2.38 bits per heavy atom. The summed E-state index contributed by atoms with van der Waals surface area (Å²) in [6.07, 6.45) is 1.02. The van der Waals surface area contributed by atoms with Crippen LogP contribution in [0.3, 0.4) is 0 Å². The van der Waals surface area contributed by atoms with E-state index in [1.807, 2.05) is 17.0 Å². The highest BCUT2D eigenvalue weighted by Crippen LogP contribution is 2.28. The minimum absolute atomic E-state index is 0.0364. The van der Waals surface area contributed by atoms with E-state index >= 15 is 0 Å². The van der Waals surface area contributed by atoms with Crippen LogP contribution in [0.15, 0.2) is 42.5 Å². The smallest absolute Gasteiger partial charge is 0.253 e. The third-order valence-corrected chi connectivity index (χ3v) is 5.25. The molecule has 1 aliphatic rings. The second-order valence-corrected chi connectivity index (χ2v) is 7.34. The van der Waals surface area contributed by atoms with Gasteiger partial charge in [-0.2, -0.15) is 0 Å². The van der Waals surface area contributed by atoms with Crippen LogP contribution in [-0.4, -0.2) is 62.0 Å². The molecule has 0 bridgehead atoms. The molecule has 2 amide bonds. The van der Waals surface area contributed by atoms with Crippen LogP contribution in [0.2, 0.25) is 5.02 Å². The Bertz CT molecular complexity index is 887. The fourth-order valence-corrected chi connectivity index (χ4v) is 3.64. The zero-order valence-electron chi connectivity index (χ0n) is 16.7. The molecule has 1 fully saturated rings. The summed E-state index contributed by atoms with van der Waals surface area (Å²) in [5.74, 6) is 1.22. The zero-order valence-corrected chi connectivity index (χ0v) is 17.4. The number of halogens is 1. The van der Waals surface area contributed by atoms with Crippen LogP contribution in [0.4, 0.5) is 0 Å². The lowest BCUT2D eigenvalue weighted by atomic mass is 10.1. The van der Waals surface area contributed by atoms with E-state index in [1.54, 1.807) is 49.5 Å². The Balaban J connectivity index is 1.61. The minimum Gasteiger partial charge on any atom is -0.493 e. The van der Waals surface area contributed by atoms with Crippen molar-refractivity contribution in [3.8, 4) is 11.5 Å². The Morgan fingerprint density at radius 2 is 1.66 bits per heavy atom. The number of carbonyl (C=O) groups is 2. The lowest BCUT2D eigenvalue weighted by Crippen LogP contribution is -2.38. The summed E-state index contributed by atoms with van der Waals surface area (Å²) in [5.41, 5.74) is 1.44. The van der Waals surface area contributed by atoms with E-state index in [4.69, 9.17) is 21.1 Å². The fraction of sp³-hybridized carbons (Fsp3) is 0.364. The predicted octanol–water partition coefficient (Wildman–Crippen LogP) is 3.27. The molecule has 1 saturated heterocycles. The first-order valence-corrected chi connectivity index (χ1v) is 9.93. The highest BCUT2D eigenvalue weighted by atomic mass is 35.5. The number of methoxy groups -OCH3 is 2. The van der Waals surface area contributed by atoms with Gasteiger partial charge in [-0.05, 0) is 42.3 Å². The lowest BCUT2D eigenvalue weighted by Gasteiger charge is -2.22. The van der Waals surface area contributed by atoms with Crippen molar-refractivity contribution in [1.82, 2.24) is 9.80 Å². The standard InChI is InChI=1S/C22H25ClN2O4/c1-28-19-8-7-16(13-20(19)29-2)14-21(26)24-9-4-10-25(12-11-24)22(27)17-5-3-6-18(23)15-17/h3,5-8,13,15H,4,9-12,14H2,1-2H3. The Hall–Kier alpha value is -2.73. The van der Waals surface area contributed by atoms with Gasteiger partial charge in [-0.15, -0.1) is 0 Å². The molecule has 2 aromatic rings. The van der Waals surface area contributed by atoms with Gasteiger partial charge >= 0.3 is 0 Å². The van der Waals surface area contributed by atoms with Crippen LogP contribution in [-0.2, 0) is 11.2 Å². The van der Waals surface area contributed by atoms with Crippen LogP contribution < -0.4 is 9.47 Å². The minimum atomic E-state index is -0.0540. The summed E-state index contributed by atoms with van der Waals surface area (Å²) in [6.45, 7) is 2.26. The number of hydrogen-bond acceptors (Lipinski definition) is 4. The predicted molar refractivity (Wildman–Crippen MR) is 112 cm³/mol. The van der Waals surface area contributed by atoms with Crippen molar-refractivity contribution in [3.05, 3.63) is 58.6 Å². The van der Waals surface area contributed by atoms with Gasteiger partial charge in [-0.1, -0.05) is 23.7 Å². The van der Waals surface area contributed by atoms with Crippen molar-refractivity contribution < 1.29 is 19.1 Å². The topological polar surface area (TPSA) is 59.1 Å². The first kappa shape index (κ1) is 21.0. The summed E-state index contributed by atoms with van der Waals surface area (Å²) < 4.78 is 10.6. The van der Waals surface area contributed by atoms with E-state index in [0.29, 0.717) is 48.3 Å². The third kappa shape index (κ3) is 5.21. The van der Waals surface area contributed by atoms with Crippen molar-refractivity contribution in [2.45, 2.75) is 12.8 Å². The van der Waals surface area contributed by atoms with E-state index in [-0.39, 0.29) is 18.2 Å². The lowest BCUT2D eigenvalue weighted by molar-refractivity contribution is -0.130. The number of ether oxygens (including phenoxy) is 2. The Labute approximate surface area is 176 Å². The third-order valence-electron chi connectivity index (χ3n) is 5.01. The molecule has 0 radical (unpaired) electrons. The molecule has 0 N–H and O–H groups in total. The number of carbonyl (C=O) groups excluding carboxylic acids is 2. The van der Waals surface area contributed by atoms with Crippen LogP contribution in [0.1, 0.15) is 22.3 Å². The molecular weight excluding hydrogens is 392 g/mol. The summed E-state index contributed by atoms with van der Waals surface area (Å²) in [6, 6.07) is 12.4. The van der Waals surface area contributed by atoms with E-state index in [9.17, 15) is 9.59 Å². The molecule has 0 unspecified atom stereocenters. The fourth-order valence-electron chi connectivity index (χ4n) is 3.45. The maximum Gasteiger partial charge on any atom is 0.253 e. The van der Waals surface area contributed by atoms with E-state index in [1.165, 1.54) is 0 Å². The highest BCUT2D eigenvalue weighted by Gasteiger charge is 2.23. The molecular formula is C22H25ClN2O4. The van der Waals surface area contributed by atoms with E-state index in [2.05, 4.69) is 0 Å². The van der Waals surface area contributed by atoms with Gasteiger partial charge in [0.25, 0.3) is 5.91 Å². The van der Waals surface area contributed by atoms with Gasteiger partial charge in [-0.3, -0.25) is 9.59 Å². The van der Waals surface area contributed by atoms with Crippen molar-refractivity contribution in [1.29, 1.82) is 0 Å². The van der Waals surface area contributed by atoms with Gasteiger partial charge in [0, 0.05) is 36.8 Å². The number of nitrogens with zero attached hydrogens (tertiary/aromatic N) is 2. The molecule has 2 aromatic carbocycles. The van der Waals surface area contributed by atoms with Crippen LogP contribution in [0.5, 0.6) is 11.5 Å². The molecule has 0 spiro atoms. The highest BCUT2D eigenvalue weighted by molar-refractivity contribution is 6.30. The van der Waals surface area contributed by atoms with E-state index in [0.717, 1.165) is 12.0 Å². The van der Waals surface area contributed by atoms with Crippen molar-refractivity contribution >= 4 is 23.4 Å². The summed E-state index contributed by atoms with van der Waals surface area (Å²) in [7, 11) is 3.15. The van der Waals surface area contributed by atoms with Gasteiger partial charge in [0.1, 0.15) is 0 Å². The number of hydrogen-bond donors (Lipinski definition) is 0. The maximum atomic E-state index is 12.8. The zero-order chi connectivity index (χ0) is 20.8. The second kappa shape index (κ2) is 9.65. The summed E-state index contributed by atoms with van der Waals surface area (Å²) in [5, 5.41) is 0.539. The molecule has 6 nitrogen and oxygen atoms in total. The van der Waals surface area contributed by atoms with Crippen LogP contribution in [0.25, 0.3) is 0 Å². The average Bonchev–Trinajstić information content (AvgIpc) is 2.99. The van der Waals surface area contributed by atoms with Gasteiger partial charge in [0.05, 0.1) is 20.6 Å². The number of amides is 2.